The molecule has 0 aliphatic heterocycles. The largest absolute Gasteiger partial charge is 0.144 e. The highest BCUT2D eigenvalue weighted by atomic mass is 79.9. The molecule has 1 heterocycles. The van der Waals surface area contributed by atoms with Crippen molar-refractivity contribution >= 4 is 49.0 Å². The van der Waals surface area contributed by atoms with Crippen molar-refractivity contribution < 1.29 is 0 Å². The van der Waals surface area contributed by atoms with Crippen LogP contribution in [0.3, 0.4) is 0 Å². The molecule has 0 saturated carbocycles. The van der Waals surface area contributed by atoms with Gasteiger partial charge in [-0.1, -0.05) is 15.9 Å². The second kappa shape index (κ2) is 3.60. The van der Waals surface area contributed by atoms with Crippen LogP contribution in [0.1, 0.15) is 11.1 Å². The van der Waals surface area contributed by atoms with Gasteiger partial charge in [-0.25, -0.2) is 0 Å². The van der Waals surface area contributed by atoms with Crippen molar-refractivity contribution in [2.75, 3.05) is 0 Å². The summed E-state index contributed by atoms with van der Waals surface area (Å²) in [5.74, 6) is 0.582. The first-order valence-corrected chi connectivity index (χ1v) is 6.16. The van der Waals surface area contributed by atoms with Gasteiger partial charge in [0, 0.05) is 15.1 Å². The molecule has 0 nitrogen and oxygen atoms in total. The molecule has 0 aliphatic carbocycles. The lowest BCUT2D eigenvalue weighted by atomic mass is 10.1. The molecule has 0 atom stereocenters. The molecule has 0 N–H and O–H groups in total. The average Bonchev–Trinajstić information content (AvgIpc) is 2.54. The van der Waals surface area contributed by atoms with Gasteiger partial charge in [0.25, 0.3) is 0 Å². The highest BCUT2D eigenvalue weighted by Gasteiger charge is 2.07. The van der Waals surface area contributed by atoms with E-state index in [1.54, 1.807) is 11.3 Å². The number of rotatable bonds is 1. The van der Waals surface area contributed by atoms with Gasteiger partial charge in [0.2, 0.25) is 0 Å². The SMILES string of the molecule is Cc1c(Br)cc2sccc2c1CCl. The van der Waals surface area contributed by atoms with Gasteiger partial charge in [0.05, 0.1) is 0 Å². The predicted molar refractivity (Wildman–Crippen MR) is 63.8 cm³/mol. The van der Waals surface area contributed by atoms with Crippen LogP contribution >= 0.6 is 38.9 Å². The summed E-state index contributed by atoms with van der Waals surface area (Å²) in [6, 6.07) is 4.29. The van der Waals surface area contributed by atoms with E-state index in [1.165, 1.54) is 21.2 Å². The second-order valence-corrected chi connectivity index (χ2v) is 5.00. The van der Waals surface area contributed by atoms with Crippen LogP contribution in [-0.2, 0) is 5.88 Å². The summed E-state index contributed by atoms with van der Waals surface area (Å²) < 4.78 is 2.45. The Morgan fingerprint density at radius 1 is 1.54 bits per heavy atom. The maximum Gasteiger partial charge on any atom is 0.0483 e. The van der Waals surface area contributed by atoms with Crippen LogP contribution in [0.2, 0.25) is 0 Å². The number of hydrogen-bond acceptors (Lipinski definition) is 1. The number of hydrogen-bond donors (Lipinski definition) is 0. The van der Waals surface area contributed by atoms with Crippen LogP contribution in [0.5, 0.6) is 0 Å². The van der Waals surface area contributed by atoms with Gasteiger partial charge in [-0.05, 0) is 40.9 Å². The van der Waals surface area contributed by atoms with Crippen molar-refractivity contribution in [1.29, 1.82) is 0 Å². The zero-order valence-corrected chi connectivity index (χ0v) is 10.3. The third-order valence-electron chi connectivity index (χ3n) is 2.22. The predicted octanol–water partition coefficient (Wildman–Crippen LogP) is 4.71. The Kier molecular flexibility index (Phi) is 2.63. The van der Waals surface area contributed by atoms with Gasteiger partial charge in [-0.2, -0.15) is 0 Å². The van der Waals surface area contributed by atoms with Gasteiger partial charge < -0.3 is 0 Å². The van der Waals surface area contributed by atoms with Crippen LogP contribution < -0.4 is 0 Å². The number of halogens is 2. The summed E-state index contributed by atoms with van der Waals surface area (Å²) in [5.41, 5.74) is 2.49. The van der Waals surface area contributed by atoms with E-state index in [2.05, 4.69) is 40.4 Å². The minimum atomic E-state index is 0.582. The Labute approximate surface area is 94.7 Å². The van der Waals surface area contributed by atoms with E-state index in [-0.39, 0.29) is 0 Å². The van der Waals surface area contributed by atoms with Crippen molar-refractivity contribution in [2.24, 2.45) is 0 Å². The molecule has 0 bridgehead atoms. The van der Waals surface area contributed by atoms with E-state index in [9.17, 15) is 0 Å². The topological polar surface area (TPSA) is 0 Å². The van der Waals surface area contributed by atoms with Gasteiger partial charge in [0.15, 0.2) is 0 Å². The maximum atomic E-state index is 5.92. The first-order chi connectivity index (χ1) is 6.24. The first-order valence-electron chi connectivity index (χ1n) is 3.95. The summed E-state index contributed by atoms with van der Waals surface area (Å²) in [5, 5.41) is 3.40. The molecule has 68 valence electrons. The van der Waals surface area contributed by atoms with E-state index in [1.807, 2.05) is 0 Å². The zero-order chi connectivity index (χ0) is 9.42. The van der Waals surface area contributed by atoms with E-state index in [4.69, 9.17) is 11.6 Å². The summed E-state index contributed by atoms with van der Waals surface area (Å²) in [6.45, 7) is 2.10. The Bertz CT molecular complexity index is 447. The van der Waals surface area contributed by atoms with Gasteiger partial charge >= 0.3 is 0 Å². The van der Waals surface area contributed by atoms with Crippen molar-refractivity contribution in [3.8, 4) is 0 Å². The Morgan fingerprint density at radius 2 is 2.31 bits per heavy atom. The summed E-state index contributed by atoms with van der Waals surface area (Å²) in [4.78, 5) is 0. The van der Waals surface area contributed by atoms with E-state index in [0.29, 0.717) is 5.88 Å². The number of alkyl halides is 1. The third kappa shape index (κ3) is 1.51. The Hall–Kier alpha value is -0.0500. The van der Waals surface area contributed by atoms with Crippen LogP contribution in [0.25, 0.3) is 10.1 Å². The van der Waals surface area contributed by atoms with E-state index < -0.39 is 0 Å². The molecule has 2 rings (SSSR count). The fourth-order valence-corrected chi connectivity index (χ4v) is 3.24. The fraction of sp³-hybridized carbons (Fsp3) is 0.200. The smallest absolute Gasteiger partial charge is 0.0483 e. The van der Waals surface area contributed by atoms with Crippen LogP contribution in [0.4, 0.5) is 0 Å². The van der Waals surface area contributed by atoms with Gasteiger partial charge in [-0.15, -0.1) is 22.9 Å². The molecule has 0 aliphatic rings. The van der Waals surface area contributed by atoms with Crippen LogP contribution in [0, 0.1) is 6.92 Å². The standard InChI is InChI=1S/C10H8BrClS/c1-6-8(5-12)7-2-3-13-10(7)4-9(6)11/h2-4H,5H2,1H3. The molecule has 3 heteroatoms. The third-order valence-corrected chi connectivity index (χ3v) is 4.18. The number of benzene rings is 1. The molecule has 1 aromatic carbocycles. The first kappa shape index (κ1) is 9.50. The molecule has 0 spiro atoms. The molecule has 13 heavy (non-hydrogen) atoms. The average molecular weight is 276 g/mol. The number of fused-ring (bicyclic) bond motifs is 1. The lowest BCUT2D eigenvalue weighted by molar-refractivity contribution is 1.32. The lowest BCUT2D eigenvalue weighted by Gasteiger charge is -2.06. The molecule has 0 fully saturated rings. The second-order valence-electron chi connectivity index (χ2n) is 2.93. The molecule has 0 amide bonds. The summed E-state index contributed by atoms with van der Waals surface area (Å²) in [6.07, 6.45) is 0. The highest BCUT2D eigenvalue weighted by Crippen LogP contribution is 2.32. The maximum absolute atomic E-state index is 5.92. The van der Waals surface area contributed by atoms with Gasteiger partial charge in [0.1, 0.15) is 0 Å². The molecular weight excluding hydrogens is 268 g/mol. The number of thiophene rings is 1. The monoisotopic (exact) mass is 274 g/mol. The molecule has 0 unspecified atom stereocenters. The van der Waals surface area contributed by atoms with E-state index >= 15 is 0 Å². The molecule has 1 aromatic heterocycles. The lowest BCUT2D eigenvalue weighted by Crippen LogP contribution is -1.86. The van der Waals surface area contributed by atoms with Crippen molar-refractivity contribution in [2.45, 2.75) is 12.8 Å². The molecule has 0 saturated heterocycles. The Balaban J connectivity index is 2.87. The quantitative estimate of drug-likeness (QED) is 0.661. The fourth-order valence-electron chi connectivity index (χ4n) is 1.42. The van der Waals surface area contributed by atoms with Crippen molar-refractivity contribution in [1.82, 2.24) is 0 Å². The Morgan fingerprint density at radius 3 is 3.00 bits per heavy atom. The minimum Gasteiger partial charge on any atom is -0.144 e. The van der Waals surface area contributed by atoms with E-state index in [0.717, 1.165) is 4.47 Å². The zero-order valence-electron chi connectivity index (χ0n) is 7.10. The molecule has 2 aromatic rings. The summed E-state index contributed by atoms with van der Waals surface area (Å²) in [7, 11) is 0. The normalized spacial score (nSPS) is 11.0. The molecular formula is C10H8BrClS. The van der Waals surface area contributed by atoms with Crippen molar-refractivity contribution in [3.05, 3.63) is 33.1 Å². The van der Waals surface area contributed by atoms with Crippen LogP contribution in [0.15, 0.2) is 22.0 Å². The summed E-state index contributed by atoms with van der Waals surface area (Å²) >= 11 is 11.2. The van der Waals surface area contributed by atoms with Crippen molar-refractivity contribution in [3.63, 3.8) is 0 Å². The molecule has 0 radical (unpaired) electrons. The minimum absolute atomic E-state index is 0.582. The van der Waals surface area contributed by atoms with Gasteiger partial charge in [-0.3, -0.25) is 0 Å². The highest BCUT2D eigenvalue weighted by molar-refractivity contribution is 9.10. The van der Waals surface area contributed by atoms with Crippen LogP contribution in [-0.4, -0.2) is 0 Å².